The Morgan fingerprint density at radius 2 is 1.82 bits per heavy atom. The summed E-state index contributed by atoms with van der Waals surface area (Å²) in [6, 6.07) is 17.4. The van der Waals surface area contributed by atoms with Crippen molar-refractivity contribution in [3.05, 3.63) is 101 Å². The Morgan fingerprint density at radius 3 is 2.55 bits per heavy atom. The van der Waals surface area contributed by atoms with Crippen molar-refractivity contribution in [2.24, 2.45) is 40.5 Å². The SMILES string of the molecule is CCC[C@@H]([C@H]1C[C@H](Cc2ccnc(N)c2)C[C@H]2C#C[C@H](c3ccccc3)c3cc(O)c(OC)cc3CCC(=O)CC(=O)[C@@H]2C1)[C@H](O)CC1=C[C+]([C@H](C)CNC[C@H](C)O)C=N1. The number of aromatic nitrogens is 1. The van der Waals surface area contributed by atoms with Gasteiger partial charge in [-0.25, -0.2) is 4.98 Å². The number of rotatable bonds is 15. The van der Waals surface area contributed by atoms with Gasteiger partial charge >= 0.3 is 0 Å². The third-order valence-corrected chi connectivity index (χ3v) is 12.7. The number of hydrogen-bond acceptors (Lipinski definition) is 10. The number of aryl methyl sites for hydroxylation is 1. The number of aliphatic hydroxyl groups is 2. The number of anilines is 1. The van der Waals surface area contributed by atoms with Crippen LogP contribution in [-0.2, 0) is 22.4 Å². The Labute approximate surface area is 356 Å². The van der Waals surface area contributed by atoms with Crippen molar-refractivity contribution in [3.63, 3.8) is 0 Å². The number of ether oxygens (including phenoxy) is 1. The number of nitrogen functional groups attached to an aromatic ring is 1. The normalized spacial score (nSPS) is 24.0. The molecule has 10 nitrogen and oxygen atoms in total. The van der Waals surface area contributed by atoms with Crippen molar-refractivity contribution in [3.8, 4) is 23.3 Å². The fourth-order valence-electron chi connectivity index (χ4n) is 9.63. The second kappa shape index (κ2) is 21.0. The van der Waals surface area contributed by atoms with E-state index in [9.17, 15) is 24.9 Å². The highest BCUT2D eigenvalue weighted by Crippen LogP contribution is 2.45. The minimum absolute atomic E-state index is 0.00683. The number of nitrogens with one attached hydrogen (secondary N) is 1. The maximum Gasteiger partial charge on any atom is 0.177 e. The van der Waals surface area contributed by atoms with Gasteiger partial charge in [0.05, 0.1) is 44.0 Å². The van der Waals surface area contributed by atoms with E-state index in [4.69, 9.17) is 15.5 Å². The number of benzene rings is 2. The second-order valence-corrected chi connectivity index (χ2v) is 17.4. The first-order valence-electron chi connectivity index (χ1n) is 21.8. The number of ketones is 2. The van der Waals surface area contributed by atoms with Gasteiger partial charge in [0, 0.05) is 37.5 Å². The van der Waals surface area contributed by atoms with Crippen molar-refractivity contribution in [2.45, 2.75) is 103 Å². The maximum atomic E-state index is 14.6. The Morgan fingerprint density at radius 1 is 1.02 bits per heavy atom. The van der Waals surface area contributed by atoms with Gasteiger partial charge in [0.25, 0.3) is 0 Å². The quantitative estimate of drug-likeness (QED) is 0.0606. The number of allylic oxidation sites excluding steroid dienone is 1. The van der Waals surface area contributed by atoms with Crippen LogP contribution in [0.4, 0.5) is 5.82 Å². The lowest BCUT2D eigenvalue weighted by atomic mass is 9.73. The number of hydrogen-bond donors (Lipinski definition) is 5. The lowest BCUT2D eigenvalue weighted by molar-refractivity contribution is -0.130. The van der Waals surface area contributed by atoms with E-state index in [0.717, 1.165) is 53.1 Å². The number of fused-ring (bicyclic) bond motifs is 2. The van der Waals surface area contributed by atoms with Crippen LogP contribution in [0.15, 0.2) is 77.6 Å². The Hall–Kier alpha value is -4.95. The smallest absolute Gasteiger partial charge is 0.177 e. The minimum Gasteiger partial charge on any atom is -0.504 e. The molecule has 2 aromatic carbocycles. The van der Waals surface area contributed by atoms with Gasteiger partial charge in [-0.05, 0) is 117 Å². The molecule has 1 aliphatic heterocycles. The number of nitrogens with zero attached hydrogens (tertiary/aromatic N) is 2. The number of phenolic OH excluding ortho intramolecular Hbond substituents is 1. The molecule has 0 amide bonds. The number of methoxy groups -OCH3 is 1. The van der Waals surface area contributed by atoms with Gasteiger partial charge < -0.3 is 31.1 Å². The third-order valence-electron chi connectivity index (χ3n) is 12.7. The highest BCUT2D eigenvalue weighted by molar-refractivity contribution is 6.00. The number of aromatic hydroxyl groups is 1. The molecule has 2 heterocycles. The van der Waals surface area contributed by atoms with Gasteiger partial charge in [-0.3, -0.25) is 9.59 Å². The number of aliphatic imine (C=N–C) groups is 1. The van der Waals surface area contributed by atoms with E-state index in [0.29, 0.717) is 56.8 Å². The molecule has 0 unspecified atom stereocenters. The highest BCUT2D eigenvalue weighted by atomic mass is 16.5. The van der Waals surface area contributed by atoms with Crippen LogP contribution in [0.25, 0.3) is 0 Å². The average Bonchev–Trinajstić information content (AvgIpc) is 3.61. The van der Waals surface area contributed by atoms with Gasteiger partial charge in [-0.2, -0.15) is 0 Å². The molecule has 0 radical (unpaired) electrons. The number of pyridine rings is 1. The van der Waals surface area contributed by atoms with Crippen LogP contribution in [-0.4, -0.2) is 70.5 Å². The summed E-state index contributed by atoms with van der Waals surface area (Å²) < 4.78 is 5.48. The molecule has 0 saturated heterocycles. The number of nitrogens with two attached hydrogens (primary N) is 1. The lowest BCUT2D eigenvalue weighted by Gasteiger charge is -2.32. The van der Waals surface area contributed by atoms with Crippen LogP contribution in [0.5, 0.6) is 11.5 Å². The number of carbonyl (C=O) groups excluding carboxylic acids is 2. The molecule has 10 heteroatoms. The van der Waals surface area contributed by atoms with E-state index < -0.39 is 24.0 Å². The van der Waals surface area contributed by atoms with E-state index in [2.05, 4.69) is 42.1 Å². The summed E-state index contributed by atoms with van der Waals surface area (Å²) in [5.74, 6) is 7.89. The van der Waals surface area contributed by atoms with E-state index >= 15 is 0 Å². The summed E-state index contributed by atoms with van der Waals surface area (Å²) >= 11 is 0. The summed E-state index contributed by atoms with van der Waals surface area (Å²) in [6.45, 7) is 7.25. The van der Waals surface area contributed by atoms with Gasteiger partial charge in [0.15, 0.2) is 17.2 Å². The molecule has 0 spiro atoms. The molecular weight excluding hydrogens is 753 g/mol. The molecule has 1 fully saturated rings. The zero-order valence-electron chi connectivity index (χ0n) is 35.6. The number of carbonyl (C=O) groups is 2. The fraction of sp³-hybridized carbons (Fsp3) is 0.500. The van der Waals surface area contributed by atoms with Gasteiger partial charge in [0.1, 0.15) is 35.6 Å². The maximum absolute atomic E-state index is 14.6. The van der Waals surface area contributed by atoms with Crippen LogP contribution < -0.4 is 15.8 Å². The van der Waals surface area contributed by atoms with Gasteiger partial charge in [0.2, 0.25) is 0 Å². The summed E-state index contributed by atoms with van der Waals surface area (Å²) in [6.07, 6.45) is 9.69. The van der Waals surface area contributed by atoms with Crippen LogP contribution in [0, 0.1) is 53.3 Å². The molecule has 9 atom stereocenters. The zero-order valence-corrected chi connectivity index (χ0v) is 35.6. The predicted molar refractivity (Wildman–Crippen MR) is 236 cm³/mol. The van der Waals surface area contributed by atoms with E-state index in [1.807, 2.05) is 48.7 Å². The Bertz CT molecular complexity index is 2050. The highest BCUT2D eigenvalue weighted by Gasteiger charge is 2.42. The van der Waals surface area contributed by atoms with Crippen molar-refractivity contribution in [1.29, 1.82) is 0 Å². The second-order valence-electron chi connectivity index (χ2n) is 17.4. The van der Waals surface area contributed by atoms with Crippen molar-refractivity contribution in [1.82, 2.24) is 10.3 Å². The first kappa shape index (κ1) is 44.6. The molecule has 2 aliphatic carbocycles. The van der Waals surface area contributed by atoms with Crippen molar-refractivity contribution >= 4 is 23.6 Å². The first-order valence-corrected chi connectivity index (χ1v) is 21.8. The molecule has 3 aromatic rings. The Balaban J connectivity index is 1.37. The first-order chi connectivity index (χ1) is 28.9. The molecule has 0 bridgehead atoms. The average molecular weight is 816 g/mol. The number of Topliss-reactive ketones (excluding diaryl/α,β-unsaturated/α-hetero) is 2. The molecule has 318 valence electrons. The van der Waals surface area contributed by atoms with Crippen molar-refractivity contribution < 1.29 is 29.6 Å². The monoisotopic (exact) mass is 815 g/mol. The molecule has 6 rings (SSSR count). The zero-order chi connectivity index (χ0) is 42.8. The van der Waals surface area contributed by atoms with Crippen LogP contribution in [0.1, 0.15) is 100 Å². The largest absolute Gasteiger partial charge is 0.504 e. The van der Waals surface area contributed by atoms with E-state index in [-0.39, 0.29) is 59.7 Å². The molecular formula is C50H63N4O6+. The topological polar surface area (TPSA) is 167 Å². The number of aliphatic hydroxyl groups excluding tert-OH is 2. The van der Waals surface area contributed by atoms with Crippen LogP contribution >= 0.6 is 0 Å². The van der Waals surface area contributed by atoms with Crippen LogP contribution in [0.3, 0.4) is 0 Å². The standard InChI is InChI=1S/C50H62N4O6/c1-5-9-43(46(57)25-40-22-39(30-54-40)31(2)28-52-29-32(3)55)38-20-34(18-33-16-17-53-50(51)21-33)19-36-13-15-42(35-10-7-6-8-11-35)44-27-48(59)49(60-4)24-37(44)12-14-41(56)26-47(58)45(36)23-38/h6-8,10-11,16-17,21-22,24,27,30-32,34,36,38,42-43,45-46,52,55,57H,5,9,12,14,18-20,23,25-26,28-29H2,1-4H3,(H2-,51,53,59)/p+1/t31-,32+,34-,36-,38+,42-,43+,45-,46-/m1/s1. The Kier molecular flexibility index (Phi) is 15.6. The predicted octanol–water partition coefficient (Wildman–Crippen LogP) is 7.20. The lowest BCUT2D eigenvalue weighted by Crippen LogP contribution is -2.32. The summed E-state index contributed by atoms with van der Waals surface area (Å²) in [5, 5.41) is 36.2. The van der Waals surface area contributed by atoms with Crippen molar-refractivity contribution in [2.75, 3.05) is 25.9 Å². The minimum atomic E-state index is -0.687. The van der Waals surface area contributed by atoms with Crippen LogP contribution in [0.2, 0.25) is 0 Å². The molecule has 6 N–H and O–H groups in total. The molecule has 1 aromatic heterocycles. The molecule has 60 heavy (non-hydrogen) atoms. The fourth-order valence-corrected chi connectivity index (χ4v) is 9.63. The number of phenols is 1. The summed E-state index contributed by atoms with van der Waals surface area (Å²) in [5.41, 5.74) is 10.7. The van der Waals surface area contributed by atoms with Gasteiger partial charge in [-0.15, -0.1) is 4.99 Å². The molecule has 1 saturated carbocycles. The van der Waals surface area contributed by atoms with E-state index in [1.54, 1.807) is 25.3 Å². The summed E-state index contributed by atoms with van der Waals surface area (Å²) in [7, 11) is 1.51. The van der Waals surface area contributed by atoms with E-state index in [1.165, 1.54) is 7.11 Å². The molecule has 3 aliphatic rings. The summed E-state index contributed by atoms with van der Waals surface area (Å²) in [4.78, 5) is 37.3. The van der Waals surface area contributed by atoms with Gasteiger partial charge in [-0.1, -0.05) is 55.5 Å². The third kappa shape index (κ3) is 11.7.